The van der Waals surface area contributed by atoms with Crippen molar-refractivity contribution in [1.29, 1.82) is 0 Å². The van der Waals surface area contributed by atoms with Gasteiger partial charge in [-0.05, 0) is 68.7 Å². The van der Waals surface area contributed by atoms with Crippen molar-refractivity contribution in [3.05, 3.63) is 40.7 Å². The quantitative estimate of drug-likeness (QED) is 0.687. The van der Waals surface area contributed by atoms with Gasteiger partial charge in [0, 0.05) is 17.7 Å². The van der Waals surface area contributed by atoms with Crippen molar-refractivity contribution in [1.82, 2.24) is 15.1 Å². The van der Waals surface area contributed by atoms with Crippen LogP contribution in [0.25, 0.3) is 0 Å². The third-order valence-corrected chi connectivity index (χ3v) is 7.92. The Kier molecular flexibility index (Phi) is 6.50. The van der Waals surface area contributed by atoms with E-state index in [1.807, 2.05) is 24.6 Å². The van der Waals surface area contributed by atoms with Crippen LogP contribution >= 0.6 is 0 Å². The fourth-order valence-corrected chi connectivity index (χ4v) is 5.79. The van der Waals surface area contributed by atoms with Crippen LogP contribution in [0.4, 0.5) is 0 Å². The zero-order valence-corrected chi connectivity index (χ0v) is 20.3. The summed E-state index contributed by atoms with van der Waals surface area (Å²) in [4.78, 5) is 13.2. The Bertz CT molecular complexity index is 983. The summed E-state index contributed by atoms with van der Waals surface area (Å²) in [5.74, 6) is 2.99. The number of nitrogens with one attached hydrogen (secondary N) is 1. The molecule has 174 valence electrons. The Morgan fingerprint density at radius 2 is 1.81 bits per heavy atom. The summed E-state index contributed by atoms with van der Waals surface area (Å²) in [6.07, 6.45) is 4.97. The first-order valence-electron chi connectivity index (χ1n) is 11.9. The molecule has 1 amide bonds. The first kappa shape index (κ1) is 22.7. The van der Waals surface area contributed by atoms with E-state index in [1.54, 1.807) is 14.2 Å². The molecule has 5 atom stereocenters. The highest BCUT2D eigenvalue weighted by Crippen LogP contribution is 2.55. The number of carbonyl (C=O) groups excluding carboxylic acids is 1. The third kappa shape index (κ3) is 4.00. The highest BCUT2D eigenvalue weighted by molar-refractivity contribution is 5.79. The van der Waals surface area contributed by atoms with Crippen LogP contribution in [0.1, 0.15) is 61.0 Å². The molecule has 1 heterocycles. The Labute approximate surface area is 191 Å². The van der Waals surface area contributed by atoms with E-state index < -0.39 is 0 Å². The van der Waals surface area contributed by atoms with E-state index in [0.717, 1.165) is 22.9 Å². The summed E-state index contributed by atoms with van der Waals surface area (Å²) in [5, 5.41) is 8.06. The van der Waals surface area contributed by atoms with Crippen LogP contribution in [-0.4, -0.2) is 35.9 Å². The van der Waals surface area contributed by atoms with Crippen LogP contribution in [0.3, 0.4) is 0 Å². The monoisotopic (exact) mass is 439 g/mol. The van der Waals surface area contributed by atoms with E-state index >= 15 is 0 Å². The van der Waals surface area contributed by atoms with Crippen LogP contribution < -0.4 is 14.8 Å². The molecule has 32 heavy (non-hydrogen) atoms. The summed E-state index contributed by atoms with van der Waals surface area (Å²) in [6.45, 7) is 8.79. The highest BCUT2D eigenvalue weighted by atomic mass is 16.5. The van der Waals surface area contributed by atoms with E-state index in [4.69, 9.17) is 9.47 Å². The predicted molar refractivity (Wildman–Crippen MR) is 125 cm³/mol. The van der Waals surface area contributed by atoms with Gasteiger partial charge >= 0.3 is 0 Å². The van der Waals surface area contributed by atoms with Crippen molar-refractivity contribution < 1.29 is 14.3 Å². The van der Waals surface area contributed by atoms with Gasteiger partial charge in [0.05, 0.1) is 32.4 Å². The van der Waals surface area contributed by atoms with Gasteiger partial charge in [0.15, 0.2) is 11.5 Å². The lowest BCUT2D eigenvalue weighted by Crippen LogP contribution is -2.60. The molecule has 0 spiro atoms. The van der Waals surface area contributed by atoms with Gasteiger partial charge in [0.25, 0.3) is 0 Å². The Balaban J connectivity index is 1.51. The van der Waals surface area contributed by atoms with Crippen LogP contribution in [0, 0.1) is 38.5 Å². The number of aryl methyl sites for hydroxylation is 1. The van der Waals surface area contributed by atoms with Crippen molar-refractivity contribution in [2.75, 3.05) is 14.2 Å². The number of aromatic nitrogens is 2. The number of rotatable bonds is 7. The molecule has 0 radical (unpaired) electrons. The zero-order chi connectivity index (χ0) is 23.0. The van der Waals surface area contributed by atoms with Gasteiger partial charge in [-0.25, -0.2) is 0 Å². The molecule has 0 bridgehead atoms. The molecular weight excluding hydrogens is 402 g/mol. The molecule has 1 aromatic heterocycles. The maximum atomic E-state index is 13.2. The molecule has 2 fully saturated rings. The minimum absolute atomic E-state index is 0.120. The van der Waals surface area contributed by atoms with Gasteiger partial charge in [0.1, 0.15) is 0 Å². The average Bonchev–Trinajstić information content (AvgIpc) is 3.03. The minimum Gasteiger partial charge on any atom is -0.493 e. The fourth-order valence-electron chi connectivity index (χ4n) is 5.79. The van der Waals surface area contributed by atoms with E-state index in [1.165, 1.54) is 36.8 Å². The maximum Gasteiger partial charge on any atom is 0.224 e. The number of amides is 1. The number of nitrogens with zero attached hydrogens (tertiary/aromatic N) is 2. The largest absolute Gasteiger partial charge is 0.493 e. The first-order chi connectivity index (χ1) is 15.3. The molecule has 0 unspecified atom stereocenters. The molecule has 6 heteroatoms. The normalized spacial score (nSPS) is 25.4. The Hall–Kier alpha value is -2.50. The molecule has 2 aliphatic rings. The second-order valence-electron chi connectivity index (χ2n) is 9.67. The molecule has 4 rings (SSSR count). The number of hydrogen-bond acceptors (Lipinski definition) is 4. The lowest BCUT2D eigenvalue weighted by molar-refractivity contribution is -0.128. The molecular formula is C26H37N3O3. The molecule has 1 N–H and O–H groups in total. The molecule has 2 aromatic rings. The van der Waals surface area contributed by atoms with E-state index in [9.17, 15) is 4.79 Å². The number of fused-ring (bicyclic) bond motifs is 1. The van der Waals surface area contributed by atoms with Crippen LogP contribution in [0.2, 0.25) is 0 Å². The van der Waals surface area contributed by atoms with Crippen molar-refractivity contribution >= 4 is 5.91 Å². The van der Waals surface area contributed by atoms with Crippen LogP contribution in [0.5, 0.6) is 11.5 Å². The second kappa shape index (κ2) is 9.16. The summed E-state index contributed by atoms with van der Waals surface area (Å²) in [7, 11) is 3.33. The minimum atomic E-state index is -0.138. The number of benzene rings is 1. The average molecular weight is 440 g/mol. The zero-order valence-electron chi connectivity index (χ0n) is 20.3. The summed E-state index contributed by atoms with van der Waals surface area (Å²) >= 11 is 0. The molecule has 2 aliphatic carbocycles. The number of methoxy groups -OCH3 is 2. The second-order valence-corrected chi connectivity index (χ2v) is 9.67. The highest BCUT2D eigenvalue weighted by Gasteiger charge is 2.52. The van der Waals surface area contributed by atoms with Gasteiger partial charge in [0.2, 0.25) is 5.91 Å². The van der Waals surface area contributed by atoms with Gasteiger partial charge in [-0.1, -0.05) is 25.8 Å². The molecule has 0 saturated heterocycles. The van der Waals surface area contributed by atoms with Gasteiger partial charge in [-0.3, -0.25) is 9.48 Å². The van der Waals surface area contributed by atoms with Crippen molar-refractivity contribution in [3.8, 4) is 11.5 Å². The third-order valence-electron chi connectivity index (χ3n) is 7.92. The van der Waals surface area contributed by atoms with Gasteiger partial charge < -0.3 is 14.8 Å². The SMILES string of the molecule is COc1ccc([C@H]2[C@@H]3CCCC[C@@H]3[C@@H]2NC(=O)[C@H](C)Cn2nc(C)c(C)c2C)cc1OC. The van der Waals surface area contributed by atoms with E-state index in [0.29, 0.717) is 24.3 Å². The smallest absolute Gasteiger partial charge is 0.224 e. The molecule has 6 nitrogen and oxygen atoms in total. The van der Waals surface area contributed by atoms with Gasteiger partial charge in [-0.2, -0.15) is 5.10 Å². The standard InChI is InChI=1S/C26H37N3O3/c1-15(14-29-18(4)16(2)17(3)28-29)26(30)27-25-21-10-8-7-9-20(21)24(25)19-11-12-22(31-5)23(13-19)32-6/h11-13,15,20-21,24-25H,7-10,14H2,1-6H3,(H,27,30)/t15-,20-,21+,24+,25+/m1/s1. The summed E-state index contributed by atoms with van der Waals surface area (Å²) in [6, 6.07) is 6.39. The van der Waals surface area contributed by atoms with Crippen molar-refractivity contribution in [3.63, 3.8) is 0 Å². The summed E-state index contributed by atoms with van der Waals surface area (Å²) in [5.41, 5.74) is 4.61. The van der Waals surface area contributed by atoms with Crippen molar-refractivity contribution in [2.45, 2.75) is 71.9 Å². The van der Waals surface area contributed by atoms with E-state index in [2.05, 4.69) is 36.4 Å². The van der Waals surface area contributed by atoms with Crippen LogP contribution in [-0.2, 0) is 11.3 Å². The number of carbonyl (C=O) groups is 1. The summed E-state index contributed by atoms with van der Waals surface area (Å²) < 4.78 is 13.0. The van der Waals surface area contributed by atoms with Crippen molar-refractivity contribution in [2.24, 2.45) is 17.8 Å². The predicted octanol–water partition coefficient (Wildman–Crippen LogP) is 4.55. The van der Waals surface area contributed by atoms with Crippen LogP contribution in [0.15, 0.2) is 18.2 Å². The molecule has 0 aliphatic heterocycles. The number of hydrogen-bond donors (Lipinski definition) is 1. The van der Waals surface area contributed by atoms with E-state index in [-0.39, 0.29) is 17.9 Å². The maximum absolute atomic E-state index is 13.2. The molecule has 2 saturated carbocycles. The Morgan fingerprint density at radius 1 is 1.12 bits per heavy atom. The lowest BCUT2D eigenvalue weighted by atomic mass is 9.53. The fraction of sp³-hybridized carbons (Fsp3) is 0.615. The molecule has 1 aromatic carbocycles. The number of ether oxygens (including phenoxy) is 2. The topological polar surface area (TPSA) is 65.4 Å². The first-order valence-corrected chi connectivity index (χ1v) is 11.9. The lowest BCUT2D eigenvalue weighted by Gasteiger charge is -2.55. The van der Waals surface area contributed by atoms with Gasteiger partial charge in [-0.15, -0.1) is 0 Å². The Morgan fingerprint density at radius 3 is 2.44 bits per heavy atom.